The lowest BCUT2D eigenvalue weighted by Crippen LogP contribution is -2.54. The first-order valence-electron chi connectivity index (χ1n) is 8.92. The van der Waals surface area contributed by atoms with Gasteiger partial charge < -0.3 is 4.90 Å². The number of nitrogens with zero attached hydrogens (tertiary/aromatic N) is 5. The summed E-state index contributed by atoms with van der Waals surface area (Å²) in [4.78, 5) is 17.0. The predicted molar refractivity (Wildman–Crippen MR) is 96.0 cm³/mol. The van der Waals surface area contributed by atoms with Crippen LogP contribution in [-0.4, -0.2) is 76.1 Å². The molecule has 3 aliphatic rings. The van der Waals surface area contributed by atoms with Crippen molar-refractivity contribution >= 4 is 17.7 Å². The lowest BCUT2D eigenvalue weighted by molar-refractivity contribution is 0.0532. The van der Waals surface area contributed by atoms with E-state index in [1.807, 2.05) is 18.0 Å². The molecule has 0 aliphatic carbocycles. The monoisotopic (exact) mass is 333 g/mol. The van der Waals surface area contributed by atoms with Crippen molar-refractivity contribution in [1.82, 2.24) is 19.8 Å². The van der Waals surface area contributed by atoms with Crippen LogP contribution in [0.5, 0.6) is 0 Å². The Morgan fingerprint density at radius 1 is 1.22 bits per heavy atom. The number of hydrogen-bond donors (Lipinski definition) is 0. The number of anilines is 1. The van der Waals surface area contributed by atoms with E-state index in [0.717, 1.165) is 31.6 Å². The average molecular weight is 334 g/mol. The zero-order chi connectivity index (χ0) is 15.6. The normalized spacial score (nSPS) is 29.7. The van der Waals surface area contributed by atoms with Crippen molar-refractivity contribution < 1.29 is 0 Å². The summed E-state index contributed by atoms with van der Waals surface area (Å²) in [7, 11) is 0. The third-order valence-corrected chi connectivity index (χ3v) is 6.37. The molecule has 3 fully saturated rings. The molecule has 3 aliphatic heterocycles. The van der Waals surface area contributed by atoms with Gasteiger partial charge in [-0.15, -0.1) is 0 Å². The molecule has 0 aromatic carbocycles. The van der Waals surface area contributed by atoms with Gasteiger partial charge in [-0.2, -0.15) is 11.8 Å². The molecule has 6 heteroatoms. The summed E-state index contributed by atoms with van der Waals surface area (Å²) in [6.07, 6.45) is 4.68. The Kier molecular flexibility index (Phi) is 4.73. The summed E-state index contributed by atoms with van der Waals surface area (Å²) in [6, 6.07) is 3.48. The van der Waals surface area contributed by atoms with Gasteiger partial charge in [0.1, 0.15) is 0 Å². The van der Waals surface area contributed by atoms with Gasteiger partial charge in [0, 0.05) is 62.5 Å². The molecule has 4 rings (SSSR count). The van der Waals surface area contributed by atoms with Crippen LogP contribution < -0.4 is 4.90 Å². The summed E-state index contributed by atoms with van der Waals surface area (Å²) >= 11 is 2.03. The quantitative estimate of drug-likeness (QED) is 0.838. The SMILES string of the molecule is C[C@H]1CN2CCC[C@@H]2CN1Cc1ccnc(N2CCSCC2)n1. The first-order valence-corrected chi connectivity index (χ1v) is 10.1. The Hall–Kier alpha value is -0.850. The predicted octanol–water partition coefficient (Wildman–Crippen LogP) is 1.70. The van der Waals surface area contributed by atoms with Crippen LogP contribution in [0.2, 0.25) is 0 Å². The molecule has 0 bridgehead atoms. The van der Waals surface area contributed by atoms with E-state index >= 15 is 0 Å². The second kappa shape index (κ2) is 6.95. The van der Waals surface area contributed by atoms with Gasteiger partial charge in [-0.3, -0.25) is 9.80 Å². The van der Waals surface area contributed by atoms with E-state index in [0.29, 0.717) is 6.04 Å². The molecule has 4 heterocycles. The Morgan fingerprint density at radius 2 is 2.09 bits per heavy atom. The van der Waals surface area contributed by atoms with Crippen molar-refractivity contribution in [2.24, 2.45) is 0 Å². The van der Waals surface area contributed by atoms with Gasteiger partial charge in [0.15, 0.2) is 0 Å². The molecule has 0 radical (unpaired) electrons. The van der Waals surface area contributed by atoms with Crippen molar-refractivity contribution in [2.45, 2.75) is 38.4 Å². The van der Waals surface area contributed by atoms with Gasteiger partial charge in [-0.25, -0.2) is 9.97 Å². The van der Waals surface area contributed by atoms with Crippen LogP contribution >= 0.6 is 11.8 Å². The first-order chi connectivity index (χ1) is 11.3. The molecule has 0 N–H and O–H groups in total. The fourth-order valence-corrected chi connectivity index (χ4v) is 4.97. The summed E-state index contributed by atoms with van der Waals surface area (Å²) in [5.41, 5.74) is 1.17. The van der Waals surface area contributed by atoms with E-state index in [9.17, 15) is 0 Å². The maximum Gasteiger partial charge on any atom is 0.225 e. The van der Waals surface area contributed by atoms with Crippen LogP contribution in [0, 0.1) is 0 Å². The zero-order valence-corrected chi connectivity index (χ0v) is 14.8. The van der Waals surface area contributed by atoms with E-state index in [1.54, 1.807) is 0 Å². The number of aromatic nitrogens is 2. The fourth-order valence-electron chi connectivity index (χ4n) is 4.06. The Bertz CT molecular complexity index is 533. The molecule has 3 saturated heterocycles. The van der Waals surface area contributed by atoms with Crippen LogP contribution in [0.1, 0.15) is 25.5 Å². The van der Waals surface area contributed by atoms with Gasteiger partial charge in [0.25, 0.3) is 0 Å². The Morgan fingerprint density at radius 3 is 2.96 bits per heavy atom. The number of fused-ring (bicyclic) bond motifs is 1. The maximum atomic E-state index is 4.86. The number of piperazine rings is 1. The van der Waals surface area contributed by atoms with Gasteiger partial charge in [-0.1, -0.05) is 0 Å². The van der Waals surface area contributed by atoms with E-state index in [1.165, 1.54) is 49.7 Å². The van der Waals surface area contributed by atoms with Crippen molar-refractivity contribution in [3.63, 3.8) is 0 Å². The van der Waals surface area contributed by atoms with Gasteiger partial charge >= 0.3 is 0 Å². The molecule has 0 saturated carbocycles. The van der Waals surface area contributed by atoms with Gasteiger partial charge in [-0.05, 0) is 32.4 Å². The summed E-state index contributed by atoms with van der Waals surface area (Å²) in [6.45, 7) is 9.18. The highest BCUT2D eigenvalue weighted by molar-refractivity contribution is 7.99. The Balaban J connectivity index is 1.43. The van der Waals surface area contributed by atoms with Crippen LogP contribution in [0.25, 0.3) is 0 Å². The van der Waals surface area contributed by atoms with Crippen LogP contribution in [0.15, 0.2) is 12.3 Å². The lowest BCUT2D eigenvalue weighted by Gasteiger charge is -2.42. The molecule has 1 aromatic rings. The highest BCUT2D eigenvalue weighted by Crippen LogP contribution is 2.25. The van der Waals surface area contributed by atoms with E-state index < -0.39 is 0 Å². The number of rotatable bonds is 3. The third kappa shape index (κ3) is 3.49. The van der Waals surface area contributed by atoms with Crippen molar-refractivity contribution in [3.8, 4) is 0 Å². The lowest BCUT2D eigenvalue weighted by atomic mass is 10.1. The largest absolute Gasteiger partial charge is 0.339 e. The minimum absolute atomic E-state index is 0.620. The molecule has 126 valence electrons. The summed E-state index contributed by atoms with van der Waals surface area (Å²) in [5.74, 6) is 3.30. The Labute approximate surface area is 143 Å². The molecule has 1 aromatic heterocycles. The van der Waals surface area contributed by atoms with Crippen LogP contribution in [0.4, 0.5) is 5.95 Å². The highest BCUT2D eigenvalue weighted by atomic mass is 32.2. The second-order valence-corrected chi connectivity index (χ2v) is 8.24. The number of thioether (sulfide) groups is 1. The molecule has 0 amide bonds. The molecule has 2 atom stereocenters. The summed E-state index contributed by atoms with van der Waals surface area (Å²) in [5, 5.41) is 0. The van der Waals surface area contributed by atoms with Crippen molar-refractivity contribution in [1.29, 1.82) is 0 Å². The molecule has 5 nitrogen and oxygen atoms in total. The van der Waals surface area contributed by atoms with E-state index in [-0.39, 0.29) is 0 Å². The molecule has 0 unspecified atom stereocenters. The molecular formula is C17H27N5S. The minimum Gasteiger partial charge on any atom is -0.339 e. The smallest absolute Gasteiger partial charge is 0.225 e. The van der Waals surface area contributed by atoms with Crippen molar-refractivity contribution in [2.75, 3.05) is 49.1 Å². The first kappa shape index (κ1) is 15.7. The molecule has 23 heavy (non-hydrogen) atoms. The van der Waals surface area contributed by atoms with Gasteiger partial charge in [0.2, 0.25) is 5.95 Å². The van der Waals surface area contributed by atoms with Crippen LogP contribution in [-0.2, 0) is 6.54 Å². The van der Waals surface area contributed by atoms with E-state index in [4.69, 9.17) is 4.98 Å². The zero-order valence-electron chi connectivity index (χ0n) is 14.0. The maximum absolute atomic E-state index is 4.86. The number of hydrogen-bond acceptors (Lipinski definition) is 6. The van der Waals surface area contributed by atoms with Crippen LogP contribution in [0.3, 0.4) is 0 Å². The highest BCUT2D eigenvalue weighted by Gasteiger charge is 2.34. The van der Waals surface area contributed by atoms with Gasteiger partial charge in [0.05, 0.1) is 5.69 Å². The van der Waals surface area contributed by atoms with E-state index in [2.05, 4.69) is 32.7 Å². The third-order valence-electron chi connectivity index (χ3n) is 5.43. The second-order valence-electron chi connectivity index (χ2n) is 7.02. The fraction of sp³-hybridized carbons (Fsp3) is 0.765. The molecular weight excluding hydrogens is 306 g/mol. The topological polar surface area (TPSA) is 35.5 Å². The average Bonchev–Trinajstić information content (AvgIpc) is 3.03. The standard InChI is InChI=1S/C17H27N5S/c1-14-11-21-6-2-3-16(21)13-22(14)12-15-4-5-18-17(19-15)20-7-9-23-10-8-20/h4-5,14,16H,2-3,6-13H2,1H3/t14-,16+/m0/s1. The van der Waals surface area contributed by atoms with Crippen molar-refractivity contribution in [3.05, 3.63) is 18.0 Å². The summed E-state index contributed by atoms with van der Waals surface area (Å²) < 4.78 is 0. The molecule has 0 spiro atoms. The minimum atomic E-state index is 0.620.